The molecule has 5 rings (SSSR count). The maximum absolute atomic E-state index is 12.1. The van der Waals surface area contributed by atoms with Crippen LogP contribution >= 0.6 is 46.6 Å². The number of nitrogens with zero attached hydrogens (tertiary/aromatic N) is 1. The van der Waals surface area contributed by atoms with Crippen molar-refractivity contribution in [2.24, 2.45) is 5.92 Å². The Hall–Kier alpha value is -2.25. The van der Waals surface area contributed by atoms with Crippen LogP contribution in [-0.4, -0.2) is 21.3 Å². The van der Waals surface area contributed by atoms with Crippen molar-refractivity contribution in [1.82, 2.24) is 0 Å². The van der Waals surface area contributed by atoms with Gasteiger partial charge in [0.2, 0.25) is 0 Å². The first-order valence-electron chi connectivity index (χ1n) is 11.2. The number of thioether (sulfide) groups is 1. The fourth-order valence-electron chi connectivity index (χ4n) is 5.27. The monoisotopic (exact) mass is 546 g/mol. The SMILES string of the molecule is CC(=O)c1ccc2c(c1)[C@@H]1[C@H](Cl)[C@H](Sc3ccccc3[N+](=O)[O-])C[C@@H]1[C@H](c1cccc(Cl)c1Cl)N2. The van der Waals surface area contributed by atoms with Gasteiger partial charge in [0.25, 0.3) is 5.69 Å². The first kappa shape index (κ1) is 24.4. The second-order valence-corrected chi connectivity index (χ2v) is 11.4. The van der Waals surface area contributed by atoms with E-state index < -0.39 is 0 Å². The molecule has 1 saturated carbocycles. The van der Waals surface area contributed by atoms with E-state index in [0.29, 0.717) is 26.9 Å². The van der Waals surface area contributed by atoms with Gasteiger partial charge < -0.3 is 5.32 Å². The summed E-state index contributed by atoms with van der Waals surface area (Å²) >= 11 is 21.6. The highest BCUT2D eigenvalue weighted by Gasteiger charge is 2.50. The summed E-state index contributed by atoms with van der Waals surface area (Å²) in [6, 6.07) is 17.8. The van der Waals surface area contributed by atoms with E-state index in [-0.39, 0.29) is 44.9 Å². The lowest BCUT2D eigenvalue weighted by molar-refractivity contribution is -0.387. The Morgan fingerprint density at radius 3 is 2.60 bits per heavy atom. The van der Waals surface area contributed by atoms with Gasteiger partial charge in [0, 0.05) is 28.5 Å². The third kappa shape index (κ3) is 4.42. The second kappa shape index (κ2) is 9.66. The van der Waals surface area contributed by atoms with Crippen molar-refractivity contribution in [3.05, 3.63) is 97.5 Å². The van der Waals surface area contributed by atoms with Crippen molar-refractivity contribution in [2.75, 3.05) is 5.32 Å². The molecule has 35 heavy (non-hydrogen) atoms. The van der Waals surface area contributed by atoms with Crippen LogP contribution < -0.4 is 5.32 Å². The summed E-state index contributed by atoms with van der Waals surface area (Å²) in [6.45, 7) is 1.55. The Bertz CT molecular complexity index is 1330. The second-order valence-electron chi connectivity index (χ2n) is 8.87. The van der Waals surface area contributed by atoms with Crippen LogP contribution in [0.2, 0.25) is 10.0 Å². The van der Waals surface area contributed by atoms with Crippen LogP contribution in [0.3, 0.4) is 0 Å². The van der Waals surface area contributed by atoms with Gasteiger partial charge in [-0.1, -0.05) is 47.5 Å². The number of anilines is 1. The Morgan fingerprint density at radius 2 is 1.86 bits per heavy atom. The maximum Gasteiger partial charge on any atom is 0.282 e. The summed E-state index contributed by atoms with van der Waals surface area (Å²) in [5, 5.41) is 15.8. The third-order valence-corrected chi connectivity index (χ3v) is 9.82. The summed E-state index contributed by atoms with van der Waals surface area (Å²) in [5.41, 5.74) is 3.47. The zero-order valence-electron chi connectivity index (χ0n) is 18.6. The van der Waals surface area contributed by atoms with Crippen LogP contribution in [0.25, 0.3) is 0 Å². The topological polar surface area (TPSA) is 72.2 Å². The minimum atomic E-state index is -0.363. The summed E-state index contributed by atoms with van der Waals surface area (Å²) in [5.74, 6) is -0.0460. The van der Waals surface area contributed by atoms with Gasteiger partial charge in [-0.2, -0.15) is 0 Å². The molecule has 180 valence electrons. The zero-order chi connectivity index (χ0) is 24.9. The van der Waals surface area contributed by atoms with Gasteiger partial charge in [-0.05, 0) is 60.7 Å². The van der Waals surface area contributed by atoms with Crippen molar-refractivity contribution in [3.8, 4) is 0 Å². The number of para-hydroxylation sites is 1. The lowest BCUT2D eigenvalue weighted by Crippen LogP contribution is -2.31. The molecule has 9 heteroatoms. The molecule has 2 aliphatic rings. The average molecular weight is 548 g/mol. The average Bonchev–Trinajstić information content (AvgIpc) is 3.16. The number of hydrogen-bond donors (Lipinski definition) is 1. The quantitative estimate of drug-likeness (QED) is 0.151. The molecule has 5 atom stereocenters. The molecule has 0 bridgehead atoms. The molecule has 0 aromatic heterocycles. The summed E-state index contributed by atoms with van der Waals surface area (Å²) in [7, 11) is 0. The number of ketones is 1. The molecule has 3 aromatic carbocycles. The normalized spacial score (nSPS) is 24.9. The molecule has 5 nitrogen and oxygen atoms in total. The summed E-state index contributed by atoms with van der Waals surface area (Å²) in [4.78, 5) is 23.9. The number of halogens is 3. The lowest BCUT2D eigenvalue weighted by atomic mass is 9.76. The number of nitrogens with one attached hydrogen (secondary N) is 1. The predicted octanol–water partition coefficient (Wildman–Crippen LogP) is 8.14. The number of alkyl halides is 1. The molecular weight excluding hydrogens is 527 g/mol. The molecular formula is C26H21Cl3N2O3S. The minimum absolute atomic E-state index is 0.0145. The van der Waals surface area contributed by atoms with Crippen LogP contribution in [0.15, 0.2) is 65.6 Å². The highest BCUT2D eigenvalue weighted by atomic mass is 35.5. The van der Waals surface area contributed by atoms with Crippen LogP contribution in [-0.2, 0) is 0 Å². The number of fused-ring (bicyclic) bond motifs is 3. The van der Waals surface area contributed by atoms with Gasteiger partial charge in [-0.15, -0.1) is 23.4 Å². The van der Waals surface area contributed by atoms with E-state index in [1.165, 1.54) is 17.8 Å². The maximum atomic E-state index is 12.1. The van der Waals surface area contributed by atoms with Gasteiger partial charge in [-0.25, -0.2) is 0 Å². The molecule has 1 aliphatic heterocycles. The highest BCUT2D eigenvalue weighted by molar-refractivity contribution is 8.00. The third-order valence-electron chi connectivity index (χ3n) is 6.88. The summed E-state index contributed by atoms with van der Waals surface area (Å²) in [6.07, 6.45) is 0.708. The van der Waals surface area contributed by atoms with E-state index >= 15 is 0 Å². The molecule has 0 radical (unpaired) electrons. The van der Waals surface area contributed by atoms with Gasteiger partial charge in [-0.3, -0.25) is 14.9 Å². The number of carbonyl (C=O) groups is 1. The molecule has 3 aromatic rings. The van der Waals surface area contributed by atoms with Gasteiger partial charge in [0.1, 0.15) is 0 Å². The van der Waals surface area contributed by atoms with Crippen molar-refractivity contribution in [1.29, 1.82) is 0 Å². The van der Waals surface area contributed by atoms with E-state index in [1.807, 2.05) is 30.3 Å². The predicted molar refractivity (Wildman–Crippen MR) is 143 cm³/mol. The molecule has 0 spiro atoms. The van der Waals surface area contributed by atoms with Gasteiger partial charge >= 0.3 is 0 Å². The largest absolute Gasteiger partial charge is 0.378 e. The fourth-order valence-corrected chi connectivity index (χ4v) is 7.64. The molecule has 1 heterocycles. The Balaban J connectivity index is 1.58. The van der Waals surface area contributed by atoms with E-state index in [0.717, 1.165) is 16.8 Å². The van der Waals surface area contributed by atoms with Crippen molar-refractivity contribution >= 4 is 63.7 Å². The molecule has 1 fully saturated rings. The number of nitro benzene ring substituents is 1. The number of carbonyl (C=O) groups excluding carboxylic acids is 1. The number of hydrogen-bond acceptors (Lipinski definition) is 5. The first-order chi connectivity index (χ1) is 16.8. The van der Waals surface area contributed by atoms with Crippen LogP contribution in [0.5, 0.6) is 0 Å². The first-order valence-corrected chi connectivity index (χ1v) is 13.2. The minimum Gasteiger partial charge on any atom is -0.378 e. The fraction of sp³-hybridized carbons (Fsp3) is 0.269. The van der Waals surface area contributed by atoms with Crippen LogP contribution in [0.4, 0.5) is 11.4 Å². The van der Waals surface area contributed by atoms with Crippen molar-refractivity contribution in [2.45, 2.75) is 40.8 Å². The molecule has 1 N–H and O–H groups in total. The highest BCUT2D eigenvalue weighted by Crippen LogP contribution is 2.58. The number of nitro groups is 1. The Kier molecular flexibility index (Phi) is 6.75. The van der Waals surface area contributed by atoms with E-state index in [4.69, 9.17) is 34.8 Å². The van der Waals surface area contributed by atoms with Crippen LogP contribution in [0.1, 0.15) is 46.8 Å². The van der Waals surface area contributed by atoms with Gasteiger partial charge in [0.05, 0.1) is 31.3 Å². The zero-order valence-corrected chi connectivity index (χ0v) is 21.7. The molecule has 0 saturated heterocycles. The molecule has 0 amide bonds. The Morgan fingerprint density at radius 1 is 1.09 bits per heavy atom. The Labute approximate surface area is 222 Å². The van der Waals surface area contributed by atoms with Crippen molar-refractivity contribution < 1.29 is 9.72 Å². The number of benzene rings is 3. The van der Waals surface area contributed by atoms with E-state index in [1.54, 1.807) is 31.2 Å². The smallest absolute Gasteiger partial charge is 0.282 e. The van der Waals surface area contributed by atoms with Gasteiger partial charge in [0.15, 0.2) is 5.78 Å². The number of rotatable bonds is 5. The standard InChI is InChI=1S/C26H21Cl3N2O3S/c1-13(32)14-9-10-19-16(11-14)23-17(26(30-19)15-5-4-6-18(27)24(15)28)12-22(25(23)29)35-21-8-3-2-7-20(21)31(33)34/h2-11,17,22-23,25-26,30H,12H2,1H3/t17-,22+,23-,25+,26-/m0/s1. The molecule has 0 unspecified atom stereocenters. The lowest BCUT2D eigenvalue weighted by Gasteiger charge is -2.39. The van der Waals surface area contributed by atoms with Crippen LogP contribution in [0, 0.1) is 16.0 Å². The van der Waals surface area contributed by atoms with E-state index in [2.05, 4.69) is 5.32 Å². The van der Waals surface area contributed by atoms with E-state index in [9.17, 15) is 14.9 Å². The van der Waals surface area contributed by atoms with Crippen molar-refractivity contribution in [3.63, 3.8) is 0 Å². The number of Topliss-reactive ketones (excluding diaryl/α,β-unsaturated/α-hetero) is 1. The summed E-state index contributed by atoms with van der Waals surface area (Å²) < 4.78 is 0. The molecule has 1 aliphatic carbocycles.